The van der Waals surface area contributed by atoms with Crippen LogP contribution in [0.3, 0.4) is 0 Å². The van der Waals surface area contributed by atoms with Crippen molar-refractivity contribution in [2.75, 3.05) is 25.5 Å². The summed E-state index contributed by atoms with van der Waals surface area (Å²) in [5.41, 5.74) is 0.0895. The van der Waals surface area contributed by atoms with E-state index in [0.717, 1.165) is 49.4 Å². The molecule has 1 saturated heterocycles. The smallest absolute Gasteiger partial charge is 0.255 e. The molecule has 0 bridgehead atoms. The summed E-state index contributed by atoms with van der Waals surface area (Å²) in [7, 11) is 2.10. The van der Waals surface area contributed by atoms with Gasteiger partial charge in [-0.15, -0.1) is 11.8 Å². The molecule has 4 nitrogen and oxygen atoms in total. The van der Waals surface area contributed by atoms with Gasteiger partial charge in [0.1, 0.15) is 0 Å². The van der Waals surface area contributed by atoms with Crippen molar-refractivity contribution in [3.63, 3.8) is 0 Å². The zero-order valence-electron chi connectivity index (χ0n) is 20.0. The number of anilines is 1. The normalized spacial score (nSPS) is 20.2. The maximum absolute atomic E-state index is 13.5. The van der Waals surface area contributed by atoms with Crippen LogP contribution in [0.4, 0.5) is 18.9 Å². The minimum absolute atomic E-state index is 0.0943. The lowest BCUT2D eigenvalue weighted by molar-refractivity contribution is 0.102. The third-order valence-electron chi connectivity index (χ3n) is 6.55. The second-order valence-corrected chi connectivity index (χ2v) is 11.2. The predicted octanol–water partition coefficient (Wildman–Crippen LogP) is 7.00. The molecule has 0 aromatic heterocycles. The molecule has 35 heavy (non-hydrogen) atoms. The van der Waals surface area contributed by atoms with Gasteiger partial charge in [-0.25, -0.2) is 13.2 Å². The molecule has 0 spiro atoms. The van der Waals surface area contributed by atoms with Crippen LogP contribution < -0.4 is 5.32 Å². The molecule has 0 saturated carbocycles. The topological polar surface area (TPSA) is 56.1 Å². The summed E-state index contributed by atoms with van der Waals surface area (Å²) in [4.78, 5) is 15.6. The third kappa shape index (κ3) is 7.16. The van der Waals surface area contributed by atoms with Crippen LogP contribution in [0.2, 0.25) is 5.02 Å². The van der Waals surface area contributed by atoms with Gasteiger partial charge < -0.3 is 10.2 Å². The van der Waals surface area contributed by atoms with Crippen LogP contribution in [0.1, 0.15) is 43.5 Å². The Morgan fingerprint density at radius 2 is 1.91 bits per heavy atom. The molecule has 4 atom stereocenters. The molecule has 1 amide bonds. The van der Waals surface area contributed by atoms with Gasteiger partial charge in [0.2, 0.25) is 0 Å². The first-order chi connectivity index (χ1) is 16.6. The van der Waals surface area contributed by atoms with E-state index in [9.17, 15) is 23.2 Å². The van der Waals surface area contributed by atoms with Crippen LogP contribution in [0.5, 0.6) is 0 Å². The minimum Gasteiger partial charge on any atom is -0.322 e. The highest BCUT2D eigenvalue weighted by atomic mass is 35.5. The van der Waals surface area contributed by atoms with E-state index in [1.807, 2.05) is 0 Å². The molecule has 1 aliphatic rings. The second-order valence-electron chi connectivity index (χ2n) is 9.29. The monoisotopic (exact) mass is 523 g/mol. The molecule has 2 aromatic rings. The van der Waals surface area contributed by atoms with Gasteiger partial charge in [0.05, 0.1) is 17.0 Å². The Balaban J connectivity index is 1.61. The van der Waals surface area contributed by atoms with E-state index in [1.54, 1.807) is 23.9 Å². The van der Waals surface area contributed by atoms with E-state index in [1.165, 1.54) is 6.07 Å². The highest BCUT2D eigenvalue weighted by molar-refractivity contribution is 8.00. The number of halogens is 4. The van der Waals surface area contributed by atoms with Crippen LogP contribution in [-0.4, -0.2) is 36.2 Å². The lowest BCUT2D eigenvalue weighted by Crippen LogP contribution is -2.40. The molecule has 0 radical (unpaired) electrons. The van der Waals surface area contributed by atoms with Crippen molar-refractivity contribution in [3.8, 4) is 6.07 Å². The van der Waals surface area contributed by atoms with Crippen molar-refractivity contribution in [2.24, 2.45) is 17.8 Å². The first kappa shape index (κ1) is 27.4. The fourth-order valence-corrected chi connectivity index (χ4v) is 5.76. The number of nitrogens with one attached hydrogen (secondary N) is 1. The Morgan fingerprint density at radius 3 is 2.57 bits per heavy atom. The predicted molar refractivity (Wildman–Crippen MR) is 134 cm³/mol. The number of carbonyl (C=O) groups is 1. The standard InChI is InChI=1S/C26H29ClF3N3OS/c1-15(20-14-33(3)9-8-18(20)13-31)4-5-16(2)35-24-10-17(6-7-21(24)27)26(34)32-19-11-22(28)25(30)23(29)12-19/h6-7,10-12,15-16,18,20H,4-5,8-9,14H2,1-3H3,(H,32,34). The van der Waals surface area contributed by atoms with Crippen molar-refractivity contribution in [1.29, 1.82) is 5.26 Å². The van der Waals surface area contributed by atoms with Crippen LogP contribution in [0, 0.1) is 46.5 Å². The van der Waals surface area contributed by atoms with E-state index in [0.29, 0.717) is 16.9 Å². The van der Waals surface area contributed by atoms with Gasteiger partial charge in [0, 0.05) is 40.1 Å². The van der Waals surface area contributed by atoms with Gasteiger partial charge in [-0.3, -0.25) is 4.79 Å². The van der Waals surface area contributed by atoms with Gasteiger partial charge >= 0.3 is 0 Å². The summed E-state index contributed by atoms with van der Waals surface area (Å²) in [6.07, 6.45) is 2.81. The minimum atomic E-state index is -1.59. The SMILES string of the molecule is CC(CCC(C)C1CN(C)CCC1C#N)Sc1cc(C(=O)Nc2cc(F)c(F)c(F)c2)ccc1Cl. The number of hydrogen-bond acceptors (Lipinski definition) is 4. The van der Waals surface area contributed by atoms with Gasteiger partial charge in [0.15, 0.2) is 17.5 Å². The summed E-state index contributed by atoms with van der Waals surface area (Å²) in [6, 6.07) is 8.71. The fourth-order valence-electron chi connectivity index (χ4n) is 4.44. The summed E-state index contributed by atoms with van der Waals surface area (Å²) < 4.78 is 40.1. The Hall–Kier alpha value is -2.21. The van der Waals surface area contributed by atoms with Gasteiger partial charge in [-0.05, 0) is 62.9 Å². The number of benzene rings is 2. The Morgan fingerprint density at radius 1 is 1.23 bits per heavy atom. The van der Waals surface area contributed by atoms with Gasteiger partial charge in [-0.1, -0.05) is 25.4 Å². The van der Waals surface area contributed by atoms with E-state index < -0.39 is 23.4 Å². The number of rotatable bonds is 8. The summed E-state index contributed by atoms with van der Waals surface area (Å²) >= 11 is 7.92. The van der Waals surface area contributed by atoms with E-state index in [4.69, 9.17) is 11.6 Å². The molecule has 1 N–H and O–H groups in total. The lowest BCUT2D eigenvalue weighted by Gasteiger charge is -2.37. The number of nitriles is 1. The molecule has 1 heterocycles. The molecule has 0 aliphatic carbocycles. The summed E-state index contributed by atoms with van der Waals surface area (Å²) in [5, 5.41) is 12.6. The van der Waals surface area contributed by atoms with Gasteiger partial charge in [-0.2, -0.15) is 5.26 Å². The second kappa shape index (κ2) is 12.2. The van der Waals surface area contributed by atoms with Crippen molar-refractivity contribution >= 4 is 35.0 Å². The molecule has 1 aliphatic heterocycles. The Kier molecular flexibility index (Phi) is 9.51. The van der Waals surface area contributed by atoms with E-state index in [-0.39, 0.29) is 22.4 Å². The molecule has 2 aromatic carbocycles. The summed E-state index contributed by atoms with van der Waals surface area (Å²) in [6.45, 7) is 6.21. The van der Waals surface area contributed by atoms with Crippen molar-refractivity contribution < 1.29 is 18.0 Å². The molecule has 188 valence electrons. The Labute approximate surface area is 213 Å². The first-order valence-electron chi connectivity index (χ1n) is 11.6. The van der Waals surface area contributed by atoms with Crippen LogP contribution in [-0.2, 0) is 0 Å². The molecular formula is C26H29ClF3N3OS. The molecular weight excluding hydrogens is 495 g/mol. The number of amides is 1. The number of piperidine rings is 1. The number of hydrogen-bond donors (Lipinski definition) is 1. The third-order valence-corrected chi connectivity index (χ3v) is 8.22. The van der Waals surface area contributed by atoms with Crippen molar-refractivity contribution in [1.82, 2.24) is 4.90 Å². The Bertz CT molecular complexity index is 1090. The van der Waals surface area contributed by atoms with Gasteiger partial charge in [0.25, 0.3) is 5.91 Å². The van der Waals surface area contributed by atoms with E-state index in [2.05, 4.69) is 37.2 Å². The van der Waals surface area contributed by atoms with Crippen molar-refractivity contribution in [2.45, 2.75) is 43.3 Å². The molecule has 3 rings (SSSR count). The average Bonchev–Trinajstić information content (AvgIpc) is 2.82. The van der Waals surface area contributed by atoms with Crippen LogP contribution in [0.15, 0.2) is 35.2 Å². The largest absolute Gasteiger partial charge is 0.322 e. The zero-order valence-corrected chi connectivity index (χ0v) is 21.5. The van der Waals surface area contributed by atoms with Crippen LogP contribution >= 0.6 is 23.4 Å². The number of thioether (sulfide) groups is 1. The highest BCUT2D eigenvalue weighted by Gasteiger charge is 2.31. The van der Waals surface area contributed by atoms with Crippen LogP contribution in [0.25, 0.3) is 0 Å². The zero-order chi connectivity index (χ0) is 25.7. The highest BCUT2D eigenvalue weighted by Crippen LogP contribution is 2.36. The number of likely N-dealkylation sites (tertiary alicyclic amines) is 1. The molecule has 4 unspecified atom stereocenters. The quantitative estimate of drug-likeness (QED) is 0.299. The summed E-state index contributed by atoms with van der Waals surface area (Å²) in [5.74, 6) is -4.07. The number of nitrogens with zero attached hydrogens (tertiary/aromatic N) is 2. The lowest BCUT2D eigenvalue weighted by atomic mass is 9.77. The molecule has 9 heteroatoms. The first-order valence-corrected chi connectivity index (χ1v) is 12.8. The van der Waals surface area contributed by atoms with E-state index >= 15 is 0 Å². The fraction of sp³-hybridized carbons (Fsp3) is 0.462. The molecule has 1 fully saturated rings. The maximum atomic E-state index is 13.5. The maximum Gasteiger partial charge on any atom is 0.255 e. The average molecular weight is 524 g/mol. The number of carbonyl (C=O) groups excluding carboxylic acids is 1. The van der Waals surface area contributed by atoms with Crippen molar-refractivity contribution in [3.05, 3.63) is 58.4 Å².